The van der Waals surface area contributed by atoms with Crippen LogP contribution >= 0.6 is 34.5 Å². The predicted octanol–water partition coefficient (Wildman–Crippen LogP) is 4.72. The Kier molecular flexibility index (Phi) is 4.36. The lowest BCUT2D eigenvalue weighted by molar-refractivity contribution is 0.102. The van der Waals surface area contributed by atoms with Gasteiger partial charge in [0.25, 0.3) is 5.91 Å². The van der Waals surface area contributed by atoms with E-state index in [1.165, 1.54) is 11.3 Å². The molecule has 0 bridgehead atoms. The summed E-state index contributed by atoms with van der Waals surface area (Å²) in [5, 5.41) is 16.7. The highest BCUT2D eigenvalue weighted by molar-refractivity contribution is 7.19. The largest absolute Gasteiger partial charge is 0.322 e. The zero-order valence-corrected chi connectivity index (χ0v) is 15.7. The van der Waals surface area contributed by atoms with Gasteiger partial charge in [0.15, 0.2) is 5.82 Å². The monoisotopic (exact) mass is 403 g/mol. The molecule has 0 fully saturated rings. The van der Waals surface area contributed by atoms with Crippen molar-refractivity contribution in [1.29, 1.82) is 0 Å². The minimum Gasteiger partial charge on any atom is -0.322 e. The number of nitrogens with zero attached hydrogens (tertiary/aromatic N) is 4. The first kappa shape index (κ1) is 17.0. The van der Waals surface area contributed by atoms with E-state index >= 15 is 0 Å². The predicted molar refractivity (Wildman–Crippen MR) is 103 cm³/mol. The molecule has 2 aromatic heterocycles. The number of carbonyl (C=O) groups excluding carboxylic acids is 1. The van der Waals surface area contributed by atoms with Crippen LogP contribution in [0.5, 0.6) is 0 Å². The van der Waals surface area contributed by atoms with E-state index in [9.17, 15) is 4.79 Å². The van der Waals surface area contributed by atoms with Gasteiger partial charge in [-0.3, -0.25) is 4.79 Å². The molecule has 9 heteroatoms. The van der Waals surface area contributed by atoms with E-state index in [1.807, 2.05) is 19.1 Å². The van der Waals surface area contributed by atoms with Crippen molar-refractivity contribution in [3.8, 4) is 10.6 Å². The SMILES string of the molecule is Cc1nnc2sc(-c3ccc(NC(=O)c4cccc(Cl)c4Cl)cc3)nn12. The molecule has 26 heavy (non-hydrogen) atoms. The summed E-state index contributed by atoms with van der Waals surface area (Å²) in [6.07, 6.45) is 0. The van der Waals surface area contributed by atoms with Crippen LogP contribution in [0.2, 0.25) is 10.0 Å². The van der Waals surface area contributed by atoms with Crippen molar-refractivity contribution in [2.24, 2.45) is 0 Å². The molecule has 4 aromatic rings. The highest BCUT2D eigenvalue weighted by Crippen LogP contribution is 2.28. The molecule has 0 aliphatic rings. The average Bonchev–Trinajstić information content (AvgIpc) is 3.20. The highest BCUT2D eigenvalue weighted by Gasteiger charge is 2.14. The second kappa shape index (κ2) is 6.68. The fraction of sp³-hybridized carbons (Fsp3) is 0.0588. The number of hydrogen-bond donors (Lipinski definition) is 1. The van der Waals surface area contributed by atoms with Gasteiger partial charge in [-0.05, 0) is 43.3 Å². The molecule has 0 saturated heterocycles. The molecule has 2 aromatic carbocycles. The van der Waals surface area contributed by atoms with Gasteiger partial charge < -0.3 is 5.32 Å². The lowest BCUT2D eigenvalue weighted by Gasteiger charge is -2.08. The van der Waals surface area contributed by atoms with E-state index < -0.39 is 0 Å². The number of hydrogen-bond acceptors (Lipinski definition) is 5. The first-order valence-corrected chi connectivity index (χ1v) is 9.15. The molecule has 1 amide bonds. The van der Waals surface area contributed by atoms with Crippen molar-refractivity contribution in [2.75, 3.05) is 5.32 Å². The zero-order valence-electron chi connectivity index (χ0n) is 13.4. The molecule has 4 rings (SSSR count). The Morgan fingerprint density at radius 3 is 2.62 bits per heavy atom. The minimum absolute atomic E-state index is 0.235. The second-order valence-electron chi connectivity index (χ2n) is 5.48. The summed E-state index contributed by atoms with van der Waals surface area (Å²) in [6, 6.07) is 12.3. The third kappa shape index (κ3) is 3.05. The van der Waals surface area contributed by atoms with Gasteiger partial charge in [0.2, 0.25) is 4.96 Å². The maximum absolute atomic E-state index is 12.4. The number of amides is 1. The topological polar surface area (TPSA) is 72.2 Å². The number of aryl methyl sites for hydroxylation is 1. The Labute approximate surface area is 162 Å². The fourth-order valence-electron chi connectivity index (χ4n) is 2.41. The standard InChI is InChI=1S/C17H11Cl2N5OS/c1-9-21-22-17-24(9)23-16(26-17)10-5-7-11(8-6-10)20-15(25)12-3-2-4-13(18)14(12)19/h2-8H,1H3,(H,20,25). The lowest BCUT2D eigenvalue weighted by atomic mass is 10.2. The summed E-state index contributed by atoms with van der Waals surface area (Å²) >= 11 is 13.5. The van der Waals surface area contributed by atoms with E-state index in [2.05, 4.69) is 20.6 Å². The Morgan fingerprint density at radius 1 is 1.12 bits per heavy atom. The van der Waals surface area contributed by atoms with Crippen molar-refractivity contribution in [2.45, 2.75) is 6.92 Å². The smallest absolute Gasteiger partial charge is 0.257 e. The average molecular weight is 404 g/mol. The van der Waals surface area contributed by atoms with Crippen LogP contribution in [-0.4, -0.2) is 25.7 Å². The van der Waals surface area contributed by atoms with Gasteiger partial charge in [0, 0.05) is 11.3 Å². The summed E-state index contributed by atoms with van der Waals surface area (Å²) in [5.74, 6) is 0.421. The molecule has 130 valence electrons. The van der Waals surface area contributed by atoms with Crippen LogP contribution in [0, 0.1) is 6.92 Å². The van der Waals surface area contributed by atoms with E-state index in [0.29, 0.717) is 16.3 Å². The minimum atomic E-state index is -0.320. The van der Waals surface area contributed by atoms with E-state index in [1.54, 1.807) is 34.8 Å². The van der Waals surface area contributed by atoms with Gasteiger partial charge in [-0.25, -0.2) is 0 Å². The maximum atomic E-state index is 12.4. The van der Waals surface area contributed by atoms with Crippen molar-refractivity contribution in [3.63, 3.8) is 0 Å². The zero-order chi connectivity index (χ0) is 18.3. The third-order valence-corrected chi connectivity index (χ3v) is 5.50. The van der Waals surface area contributed by atoms with Crippen LogP contribution in [0.1, 0.15) is 16.2 Å². The molecule has 0 unspecified atom stereocenters. The number of benzene rings is 2. The Hall–Kier alpha value is -2.48. The molecule has 2 heterocycles. The van der Waals surface area contributed by atoms with Gasteiger partial charge in [-0.15, -0.1) is 10.2 Å². The first-order valence-electron chi connectivity index (χ1n) is 7.57. The van der Waals surface area contributed by atoms with Crippen molar-refractivity contribution in [1.82, 2.24) is 19.8 Å². The van der Waals surface area contributed by atoms with E-state index in [-0.39, 0.29) is 10.9 Å². The first-order chi connectivity index (χ1) is 12.5. The quantitative estimate of drug-likeness (QED) is 0.536. The van der Waals surface area contributed by atoms with Crippen LogP contribution in [0.3, 0.4) is 0 Å². The molecule has 0 aliphatic heterocycles. The van der Waals surface area contributed by atoms with Crippen LogP contribution in [0.25, 0.3) is 15.5 Å². The molecule has 0 atom stereocenters. The maximum Gasteiger partial charge on any atom is 0.257 e. The molecule has 1 N–H and O–H groups in total. The van der Waals surface area contributed by atoms with Crippen LogP contribution < -0.4 is 5.32 Å². The van der Waals surface area contributed by atoms with Crippen LogP contribution in [-0.2, 0) is 0 Å². The molecule has 0 spiro atoms. The number of rotatable bonds is 3. The van der Waals surface area contributed by atoms with Gasteiger partial charge in [-0.1, -0.05) is 40.6 Å². The summed E-state index contributed by atoms with van der Waals surface area (Å²) in [6.45, 7) is 1.85. The van der Waals surface area contributed by atoms with E-state index in [0.717, 1.165) is 21.4 Å². The summed E-state index contributed by atoms with van der Waals surface area (Å²) in [5.41, 5.74) is 1.90. The van der Waals surface area contributed by atoms with Gasteiger partial charge in [-0.2, -0.15) is 9.61 Å². The summed E-state index contributed by atoms with van der Waals surface area (Å²) in [4.78, 5) is 13.1. The van der Waals surface area contributed by atoms with Crippen molar-refractivity contribution < 1.29 is 4.79 Å². The fourth-order valence-corrected chi connectivity index (χ4v) is 3.68. The van der Waals surface area contributed by atoms with Gasteiger partial charge >= 0.3 is 0 Å². The van der Waals surface area contributed by atoms with Crippen molar-refractivity contribution in [3.05, 3.63) is 63.9 Å². The number of nitrogens with one attached hydrogen (secondary N) is 1. The summed E-state index contributed by atoms with van der Waals surface area (Å²) < 4.78 is 1.71. The molecule has 6 nitrogen and oxygen atoms in total. The molecular formula is C17H11Cl2N5OS. The number of fused-ring (bicyclic) bond motifs is 1. The third-order valence-electron chi connectivity index (χ3n) is 3.73. The van der Waals surface area contributed by atoms with Gasteiger partial charge in [0.05, 0.1) is 15.6 Å². The number of aromatic nitrogens is 4. The van der Waals surface area contributed by atoms with Gasteiger partial charge in [0.1, 0.15) is 5.01 Å². The van der Waals surface area contributed by atoms with E-state index in [4.69, 9.17) is 23.2 Å². The lowest BCUT2D eigenvalue weighted by Crippen LogP contribution is -2.12. The molecular weight excluding hydrogens is 393 g/mol. The highest BCUT2D eigenvalue weighted by atomic mass is 35.5. The molecule has 0 radical (unpaired) electrons. The van der Waals surface area contributed by atoms with Crippen LogP contribution in [0.15, 0.2) is 42.5 Å². The summed E-state index contributed by atoms with van der Waals surface area (Å²) in [7, 11) is 0. The Balaban J connectivity index is 1.56. The normalized spacial score (nSPS) is 11.0. The molecule has 0 aliphatic carbocycles. The van der Waals surface area contributed by atoms with Crippen LogP contribution in [0.4, 0.5) is 5.69 Å². The number of halogens is 2. The molecule has 0 saturated carbocycles. The number of anilines is 1. The number of carbonyl (C=O) groups is 1. The Bertz CT molecular complexity index is 1120. The Morgan fingerprint density at radius 2 is 1.88 bits per heavy atom. The second-order valence-corrected chi connectivity index (χ2v) is 7.22. The van der Waals surface area contributed by atoms with Crippen molar-refractivity contribution >= 4 is 51.1 Å².